The molecule has 1 aromatic heterocycles. The van der Waals surface area contributed by atoms with Crippen LogP contribution in [0.15, 0.2) is 24.5 Å². The van der Waals surface area contributed by atoms with Gasteiger partial charge in [-0.3, -0.25) is 9.89 Å². The molecule has 2 rings (SSSR count). The van der Waals surface area contributed by atoms with E-state index in [0.29, 0.717) is 6.07 Å². The monoisotopic (exact) mass is 256 g/mol. The van der Waals surface area contributed by atoms with Crippen molar-refractivity contribution in [2.45, 2.75) is 6.18 Å². The van der Waals surface area contributed by atoms with E-state index in [9.17, 15) is 18.0 Å². The number of halogens is 3. The summed E-state index contributed by atoms with van der Waals surface area (Å²) in [6.45, 7) is 0. The first-order chi connectivity index (χ1) is 8.38. The zero-order valence-electron chi connectivity index (χ0n) is 8.82. The molecule has 8 heteroatoms. The van der Waals surface area contributed by atoms with Crippen molar-refractivity contribution >= 4 is 5.91 Å². The van der Waals surface area contributed by atoms with Gasteiger partial charge in [0.2, 0.25) is 5.91 Å². The third kappa shape index (κ3) is 2.31. The summed E-state index contributed by atoms with van der Waals surface area (Å²) in [6, 6.07) is 2.78. The number of nitrogens with one attached hydrogen (secondary N) is 1. The van der Waals surface area contributed by atoms with Gasteiger partial charge in [0.25, 0.3) is 0 Å². The SMILES string of the molecule is NC(=O)c1cc(-c2ncn[nH]2)cc(C(F)(F)F)c1. The Hall–Kier alpha value is -2.38. The molecule has 5 nitrogen and oxygen atoms in total. The fourth-order valence-electron chi connectivity index (χ4n) is 1.41. The second-order valence-corrected chi connectivity index (χ2v) is 3.50. The first kappa shape index (κ1) is 12.1. The normalized spacial score (nSPS) is 11.5. The molecule has 0 aliphatic rings. The highest BCUT2D eigenvalue weighted by Crippen LogP contribution is 2.32. The number of alkyl halides is 3. The lowest BCUT2D eigenvalue weighted by atomic mass is 10.0. The third-order valence-electron chi connectivity index (χ3n) is 2.23. The highest BCUT2D eigenvalue weighted by atomic mass is 19.4. The minimum absolute atomic E-state index is 0.0936. The number of nitrogens with zero attached hydrogens (tertiary/aromatic N) is 2. The van der Waals surface area contributed by atoms with E-state index in [2.05, 4.69) is 15.2 Å². The van der Waals surface area contributed by atoms with Gasteiger partial charge in [0.05, 0.1) is 5.56 Å². The van der Waals surface area contributed by atoms with E-state index < -0.39 is 17.6 Å². The number of hydrogen-bond acceptors (Lipinski definition) is 3. The highest BCUT2D eigenvalue weighted by Gasteiger charge is 2.32. The predicted molar refractivity (Wildman–Crippen MR) is 55.3 cm³/mol. The molecule has 3 N–H and O–H groups in total. The predicted octanol–water partition coefficient (Wildman–Crippen LogP) is 1.59. The van der Waals surface area contributed by atoms with Gasteiger partial charge in [-0.15, -0.1) is 0 Å². The Kier molecular flexibility index (Phi) is 2.77. The van der Waals surface area contributed by atoms with Crippen LogP contribution < -0.4 is 5.73 Å². The highest BCUT2D eigenvalue weighted by molar-refractivity contribution is 5.94. The molecule has 94 valence electrons. The van der Waals surface area contributed by atoms with Gasteiger partial charge in [0.15, 0.2) is 5.82 Å². The number of nitrogens with two attached hydrogens (primary N) is 1. The lowest BCUT2D eigenvalue weighted by Crippen LogP contribution is -2.14. The summed E-state index contributed by atoms with van der Waals surface area (Å²) in [6.07, 6.45) is -3.42. The largest absolute Gasteiger partial charge is 0.416 e. The van der Waals surface area contributed by atoms with Crippen molar-refractivity contribution in [3.8, 4) is 11.4 Å². The van der Waals surface area contributed by atoms with Crippen molar-refractivity contribution in [1.82, 2.24) is 15.2 Å². The van der Waals surface area contributed by atoms with Gasteiger partial charge in [0.1, 0.15) is 6.33 Å². The fourth-order valence-corrected chi connectivity index (χ4v) is 1.41. The van der Waals surface area contributed by atoms with Crippen molar-refractivity contribution in [1.29, 1.82) is 0 Å². The Morgan fingerprint density at radius 2 is 2.00 bits per heavy atom. The smallest absolute Gasteiger partial charge is 0.366 e. The van der Waals surface area contributed by atoms with Crippen molar-refractivity contribution < 1.29 is 18.0 Å². The van der Waals surface area contributed by atoms with E-state index in [1.807, 2.05) is 0 Å². The molecule has 1 aromatic carbocycles. The second kappa shape index (κ2) is 4.13. The summed E-state index contributed by atoms with van der Waals surface area (Å²) in [5.74, 6) is -0.814. The number of amides is 1. The number of H-pyrrole nitrogens is 1. The quantitative estimate of drug-likeness (QED) is 0.855. The molecule has 0 fully saturated rings. The maximum Gasteiger partial charge on any atom is 0.416 e. The minimum Gasteiger partial charge on any atom is -0.366 e. The van der Waals surface area contributed by atoms with Gasteiger partial charge < -0.3 is 5.73 Å². The lowest BCUT2D eigenvalue weighted by molar-refractivity contribution is -0.137. The summed E-state index contributed by atoms with van der Waals surface area (Å²) in [5.41, 5.74) is 3.88. The molecule has 0 saturated carbocycles. The number of carbonyl (C=O) groups is 1. The van der Waals surface area contributed by atoms with Crippen molar-refractivity contribution in [3.05, 3.63) is 35.7 Å². The van der Waals surface area contributed by atoms with Gasteiger partial charge in [0, 0.05) is 11.1 Å². The van der Waals surface area contributed by atoms with Crippen LogP contribution in [0.4, 0.5) is 13.2 Å². The zero-order valence-corrected chi connectivity index (χ0v) is 8.82. The van der Waals surface area contributed by atoms with Crippen LogP contribution in [0.5, 0.6) is 0 Å². The van der Waals surface area contributed by atoms with E-state index in [1.54, 1.807) is 0 Å². The summed E-state index contributed by atoms with van der Waals surface area (Å²) in [7, 11) is 0. The van der Waals surface area contributed by atoms with Crippen LogP contribution in [0.2, 0.25) is 0 Å². The molecule has 0 saturated heterocycles. The Labute approximate surface area is 98.8 Å². The third-order valence-corrected chi connectivity index (χ3v) is 2.23. The van der Waals surface area contributed by atoms with Crippen LogP contribution in [0, 0.1) is 0 Å². The number of primary amides is 1. The number of aromatic nitrogens is 3. The lowest BCUT2D eigenvalue weighted by Gasteiger charge is -2.09. The van der Waals surface area contributed by atoms with Gasteiger partial charge >= 0.3 is 6.18 Å². The van der Waals surface area contributed by atoms with E-state index in [4.69, 9.17) is 5.73 Å². The van der Waals surface area contributed by atoms with Crippen LogP contribution in [0.25, 0.3) is 11.4 Å². The molecule has 0 spiro atoms. The van der Waals surface area contributed by atoms with Crippen molar-refractivity contribution in [2.75, 3.05) is 0 Å². The molecular weight excluding hydrogens is 249 g/mol. The molecule has 1 amide bonds. The van der Waals surface area contributed by atoms with Gasteiger partial charge in [-0.25, -0.2) is 4.98 Å². The molecule has 0 radical (unpaired) electrons. The number of aromatic amines is 1. The Morgan fingerprint density at radius 3 is 2.50 bits per heavy atom. The standard InChI is InChI=1S/C10H7F3N4O/c11-10(12,13)7-2-5(8(14)18)1-6(3-7)9-15-4-16-17-9/h1-4H,(H2,14,18)(H,15,16,17). The molecule has 1 heterocycles. The minimum atomic E-state index is -4.57. The molecule has 0 unspecified atom stereocenters. The van der Waals surface area contributed by atoms with Crippen LogP contribution in [-0.2, 0) is 6.18 Å². The number of rotatable bonds is 2. The summed E-state index contributed by atoms with van der Waals surface area (Å²) in [5, 5.41) is 5.95. The summed E-state index contributed by atoms with van der Waals surface area (Å²) >= 11 is 0. The van der Waals surface area contributed by atoms with Crippen LogP contribution in [0.3, 0.4) is 0 Å². The van der Waals surface area contributed by atoms with E-state index in [1.165, 1.54) is 6.07 Å². The fraction of sp³-hybridized carbons (Fsp3) is 0.100. The van der Waals surface area contributed by atoms with E-state index >= 15 is 0 Å². The number of carbonyl (C=O) groups excluding carboxylic acids is 1. The van der Waals surface area contributed by atoms with Crippen molar-refractivity contribution in [3.63, 3.8) is 0 Å². The summed E-state index contributed by atoms with van der Waals surface area (Å²) < 4.78 is 38.0. The molecule has 0 atom stereocenters. The number of hydrogen-bond donors (Lipinski definition) is 2. The van der Waals surface area contributed by atoms with Crippen LogP contribution >= 0.6 is 0 Å². The molecule has 0 aliphatic carbocycles. The van der Waals surface area contributed by atoms with Gasteiger partial charge in [-0.05, 0) is 18.2 Å². The van der Waals surface area contributed by atoms with Crippen LogP contribution in [0.1, 0.15) is 15.9 Å². The molecular formula is C10H7F3N4O. The Morgan fingerprint density at radius 1 is 1.28 bits per heavy atom. The zero-order chi connectivity index (χ0) is 13.3. The van der Waals surface area contributed by atoms with Gasteiger partial charge in [-0.2, -0.15) is 18.3 Å². The topological polar surface area (TPSA) is 84.7 Å². The first-order valence-electron chi connectivity index (χ1n) is 4.76. The molecule has 2 aromatic rings. The molecule has 0 aliphatic heterocycles. The van der Waals surface area contributed by atoms with Gasteiger partial charge in [-0.1, -0.05) is 0 Å². The van der Waals surface area contributed by atoms with Crippen molar-refractivity contribution in [2.24, 2.45) is 5.73 Å². The maximum atomic E-state index is 12.7. The summed E-state index contributed by atoms with van der Waals surface area (Å²) in [4.78, 5) is 14.7. The molecule has 0 bridgehead atoms. The number of benzene rings is 1. The maximum absolute atomic E-state index is 12.7. The second-order valence-electron chi connectivity index (χ2n) is 3.50. The Bertz CT molecular complexity index is 577. The Balaban J connectivity index is 2.61. The average Bonchev–Trinajstić information content (AvgIpc) is 2.80. The molecule has 18 heavy (non-hydrogen) atoms. The van der Waals surface area contributed by atoms with E-state index in [0.717, 1.165) is 12.4 Å². The average molecular weight is 256 g/mol. The first-order valence-corrected chi connectivity index (χ1v) is 4.76. The van der Waals surface area contributed by atoms with E-state index in [-0.39, 0.29) is 17.0 Å². The van der Waals surface area contributed by atoms with Crippen LogP contribution in [-0.4, -0.2) is 21.1 Å².